The maximum atomic E-state index is 12.1. The molecule has 2 N–H and O–H groups in total. The molecule has 2 rings (SSSR count). The number of ether oxygens (including phenoxy) is 1. The average molecular weight is 285 g/mol. The number of nitrogen functional groups attached to an aromatic ring is 1. The highest BCUT2D eigenvalue weighted by molar-refractivity contribution is 9.10. The van der Waals surface area contributed by atoms with Crippen LogP contribution in [0.15, 0.2) is 22.7 Å². The van der Waals surface area contributed by atoms with Crippen LogP contribution in [-0.4, -0.2) is 37.1 Å². The molecular formula is C11H13BrN2O2. The second kappa shape index (κ2) is 4.84. The quantitative estimate of drug-likeness (QED) is 0.796. The van der Waals surface area contributed by atoms with Crippen molar-refractivity contribution in [2.45, 2.75) is 0 Å². The largest absolute Gasteiger partial charge is 0.399 e. The molecule has 1 fully saturated rings. The summed E-state index contributed by atoms with van der Waals surface area (Å²) in [4.78, 5) is 13.9. The maximum Gasteiger partial charge on any atom is 0.254 e. The maximum absolute atomic E-state index is 12.1. The molecule has 0 unspecified atom stereocenters. The highest BCUT2D eigenvalue weighted by Gasteiger charge is 2.18. The van der Waals surface area contributed by atoms with Crippen LogP contribution in [0.5, 0.6) is 0 Å². The fraction of sp³-hybridized carbons (Fsp3) is 0.364. The van der Waals surface area contributed by atoms with Crippen molar-refractivity contribution >= 4 is 27.5 Å². The summed E-state index contributed by atoms with van der Waals surface area (Å²) in [6.45, 7) is 2.50. The first-order valence-corrected chi connectivity index (χ1v) is 5.89. The first-order valence-electron chi connectivity index (χ1n) is 5.10. The van der Waals surface area contributed by atoms with Gasteiger partial charge in [-0.2, -0.15) is 0 Å². The van der Waals surface area contributed by atoms with Gasteiger partial charge in [0.1, 0.15) is 0 Å². The topological polar surface area (TPSA) is 55.6 Å². The number of benzene rings is 1. The molecule has 1 aromatic carbocycles. The van der Waals surface area contributed by atoms with Crippen LogP contribution >= 0.6 is 15.9 Å². The molecule has 0 bridgehead atoms. The predicted molar refractivity (Wildman–Crippen MR) is 65.3 cm³/mol. The third-order valence-electron chi connectivity index (χ3n) is 2.47. The van der Waals surface area contributed by atoms with E-state index in [1.54, 1.807) is 23.1 Å². The van der Waals surface area contributed by atoms with Crippen molar-refractivity contribution in [1.82, 2.24) is 4.90 Å². The zero-order chi connectivity index (χ0) is 11.5. The lowest BCUT2D eigenvalue weighted by molar-refractivity contribution is 0.0303. The van der Waals surface area contributed by atoms with Crippen molar-refractivity contribution in [1.29, 1.82) is 0 Å². The molecule has 1 heterocycles. The van der Waals surface area contributed by atoms with Crippen molar-refractivity contribution < 1.29 is 9.53 Å². The minimum absolute atomic E-state index is 0.0105. The van der Waals surface area contributed by atoms with Crippen LogP contribution in [-0.2, 0) is 4.74 Å². The van der Waals surface area contributed by atoms with E-state index in [0.717, 1.165) is 4.47 Å². The van der Waals surface area contributed by atoms with E-state index < -0.39 is 0 Å². The molecule has 5 heteroatoms. The summed E-state index contributed by atoms with van der Waals surface area (Å²) in [6, 6.07) is 5.26. The third kappa shape index (κ3) is 2.54. The van der Waals surface area contributed by atoms with Crippen LogP contribution < -0.4 is 5.73 Å². The van der Waals surface area contributed by atoms with E-state index in [1.807, 2.05) is 0 Å². The molecule has 1 amide bonds. The Bertz CT molecular complexity index is 383. The van der Waals surface area contributed by atoms with Crippen molar-refractivity contribution in [3.63, 3.8) is 0 Å². The van der Waals surface area contributed by atoms with Gasteiger partial charge in [-0.05, 0) is 18.2 Å². The van der Waals surface area contributed by atoms with Gasteiger partial charge in [-0.1, -0.05) is 15.9 Å². The van der Waals surface area contributed by atoms with Crippen molar-refractivity contribution in [3.8, 4) is 0 Å². The van der Waals surface area contributed by atoms with Crippen molar-refractivity contribution in [3.05, 3.63) is 28.2 Å². The van der Waals surface area contributed by atoms with Gasteiger partial charge in [0.15, 0.2) is 0 Å². The molecule has 1 aliphatic heterocycles. The van der Waals surface area contributed by atoms with E-state index in [1.165, 1.54) is 0 Å². The summed E-state index contributed by atoms with van der Waals surface area (Å²) in [5, 5.41) is 0. The Balaban J connectivity index is 2.19. The van der Waals surface area contributed by atoms with Crippen molar-refractivity contribution in [2.75, 3.05) is 32.0 Å². The van der Waals surface area contributed by atoms with Gasteiger partial charge in [0.05, 0.1) is 13.2 Å². The standard InChI is InChI=1S/C11H13BrN2O2/c12-9-5-8(6-10(13)7-9)11(15)14-1-3-16-4-2-14/h5-7H,1-4,13H2. The first kappa shape index (κ1) is 11.4. The van der Waals surface area contributed by atoms with E-state index in [9.17, 15) is 4.79 Å². The average Bonchev–Trinajstić information content (AvgIpc) is 2.28. The smallest absolute Gasteiger partial charge is 0.254 e. The Labute approximate surface area is 102 Å². The Hall–Kier alpha value is -1.07. The van der Waals surface area contributed by atoms with Gasteiger partial charge in [0.2, 0.25) is 0 Å². The molecule has 1 aliphatic rings. The van der Waals surface area contributed by atoms with Gasteiger partial charge in [0, 0.05) is 28.8 Å². The Morgan fingerprint density at radius 1 is 1.31 bits per heavy atom. The molecule has 1 aromatic rings. The molecule has 0 spiro atoms. The Morgan fingerprint density at radius 2 is 2.00 bits per heavy atom. The van der Waals surface area contributed by atoms with E-state index in [4.69, 9.17) is 10.5 Å². The van der Waals surface area contributed by atoms with Crippen LogP contribution in [0.1, 0.15) is 10.4 Å². The summed E-state index contributed by atoms with van der Waals surface area (Å²) in [7, 11) is 0. The van der Waals surface area contributed by atoms with E-state index in [2.05, 4.69) is 15.9 Å². The number of hydrogen-bond acceptors (Lipinski definition) is 3. The lowest BCUT2D eigenvalue weighted by Gasteiger charge is -2.27. The number of nitrogens with zero attached hydrogens (tertiary/aromatic N) is 1. The Kier molecular flexibility index (Phi) is 3.46. The van der Waals surface area contributed by atoms with E-state index in [-0.39, 0.29) is 5.91 Å². The molecule has 0 radical (unpaired) electrons. The number of rotatable bonds is 1. The second-order valence-corrected chi connectivity index (χ2v) is 4.59. The summed E-state index contributed by atoms with van der Waals surface area (Å²) in [5.41, 5.74) is 6.91. The Morgan fingerprint density at radius 3 is 2.62 bits per heavy atom. The first-order chi connectivity index (χ1) is 7.66. The van der Waals surface area contributed by atoms with Gasteiger partial charge in [0.25, 0.3) is 5.91 Å². The number of carbonyl (C=O) groups excluding carboxylic acids is 1. The second-order valence-electron chi connectivity index (χ2n) is 3.68. The molecule has 1 saturated heterocycles. The minimum atomic E-state index is 0.0105. The lowest BCUT2D eigenvalue weighted by Crippen LogP contribution is -2.40. The molecule has 4 nitrogen and oxygen atoms in total. The zero-order valence-electron chi connectivity index (χ0n) is 8.78. The molecule has 86 valence electrons. The van der Waals surface area contributed by atoms with Gasteiger partial charge in [-0.3, -0.25) is 4.79 Å². The monoisotopic (exact) mass is 284 g/mol. The van der Waals surface area contributed by atoms with Crippen LogP contribution in [0.25, 0.3) is 0 Å². The van der Waals surface area contributed by atoms with Crippen LogP contribution in [0, 0.1) is 0 Å². The number of morpholine rings is 1. The fourth-order valence-corrected chi connectivity index (χ4v) is 2.20. The third-order valence-corrected chi connectivity index (χ3v) is 2.92. The zero-order valence-corrected chi connectivity index (χ0v) is 10.4. The van der Waals surface area contributed by atoms with Crippen LogP contribution in [0.3, 0.4) is 0 Å². The summed E-state index contributed by atoms with van der Waals surface area (Å²) < 4.78 is 6.03. The molecular weight excluding hydrogens is 272 g/mol. The number of hydrogen-bond donors (Lipinski definition) is 1. The van der Waals surface area contributed by atoms with Gasteiger partial charge >= 0.3 is 0 Å². The summed E-state index contributed by atoms with van der Waals surface area (Å²) in [6.07, 6.45) is 0. The van der Waals surface area contributed by atoms with Gasteiger partial charge in [-0.15, -0.1) is 0 Å². The highest BCUT2D eigenvalue weighted by atomic mass is 79.9. The number of anilines is 1. The molecule has 0 aliphatic carbocycles. The predicted octanol–water partition coefficient (Wildman–Crippen LogP) is 1.50. The fourth-order valence-electron chi connectivity index (χ4n) is 1.68. The normalized spacial score (nSPS) is 16.2. The number of nitrogens with two attached hydrogens (primary N) is 1. The summed E-state index contributed by atoms with van der Waals surface area (Å²) >= 11 is 3.33. The summed E-state index contributed by atoms with van der Waals surface area (Å²) in [5.74, 6) is 0.0105. The van der Waals surface area contributed by atoms with Gasteiger partial charge in [-0.25, -0.2) is 0 Å². The van der Waals surface area contributed by atoms with Crippen LogP contribution in [0.2, 0.25) is 0 Å². The molecule has 0 atom stereocenters. The van der Waals surface area contributed by atoms with Crippen LogP contribution in [0.4, 0.5) is 5.69 Å². The lowest BCUT2D eigenvalue weighted by atomic mass is 10.1. The molecule has 16 heavy (non-hydrogen) atoms. The SMILES string of the molecule is Nc1cc(Br)cc(C(=O)N2CCOCC2)c1. The number of amides is 1. The number of halogens is 1. The molecule has 0 saturated carbocycles. The minimum Gasteiger partial charge on any atom is -0.399 e. The molecule has 0 aromatic heterocycles. The van der Waals surface area contributed by atoms with E-state index >= 15 is 0 Å². The van der Waals surface area contributed by atoms with Gasteiger partial charge < -0.3 is 15.4 Å². The van der Waals surface area contributed by atoms with Crippen molar-refractivity contribution in [2.24, 2.45) is 0 Å². The number of carbonyl (C=O) groups is 1. The van der Waals surface area contributed by atoms with E-state index in [0.29, 0.717) is 37.6 Å². The highest BCUT2D eigenvalue weighted by Crippen LogP contribution is 2.19.